The average Bonchev–Trinajstić information content (AvgIpc) is 2.71. The molecule has 1 amide bonds. The van der Waals surface area contributed by atoms with Crippen molar-refractivity contribution in [2.75, 3.05) is 26.7 Å². The second-order valence-corrected chi connectivity index (χ2v) is 4.44. The summed E-state index contributed by atoms with van der Waals surface area (Å²) in [7, 11) is 2.09. The number of carbonyl (C=O) groups excluding carboxylic acids is 1. The third-order valence-electron chi connectivity index (χ3n) is 3.04. The van der Waals surface area contributed by atoms with Gasteiger partial charge in [-0.25, -0.2) is 0 Å². The van der Waals surface area contributed by atoms with Gasteiger partial charge in [0.15, 0.2) is 5.76 Å². The fourth-order valence-electron chi connectivity index (χ4n) is 2.22. The molecule has 1 aliphatic heterocycles. The number of hydrogen-bond donors (Lipinski definition) is 0. The van der Waals surface area contributed by atoms with Gasteiger partial charge in [0.1, 0.15) is 0 Å². The topological polar surface area (TPSA) is 36.7 Å². The lowest BCUT2D eigenvalue weighted by molar-refractivity contribution is 0.0664. The van der Waals surface area contributed by atoms with Gasteiger partial charge >= 0.3 is 0 Å². The van der Waals surface area contributed by atoms with E-state index in [1.54, 1.807) is 18.4 Å². The molecular weight excluding hydrogens is 204 g/mol. The molecule has 4 heteroatoms. The van der Waals surface area contributed by atoms with E-state index >= 15 is 0 Å². The maximum atomic E-state index is 12.1. The van der Waals surface area contributed by atoms with Crippen LogP contribution in [0.25, 0.3) is 0 Å². The molecule has 0 radical (unpaired) electrons. The van der Waals surface area contributed by atoms with E-state index in [0.29, 0.717) is 5.76 Å². The van der Waals surface area contributed by atoms with E-state index in [-0.39, 0.29) is 11.9 Å². The molecule has 1 fully saturated rings. The summed E-state index contributed by atoms with van der Waals surface area (Å²) < 4.78 is 5.16. The molecule has 1 aromatic heterocycles. The van der Waals surface area contributed by atoms with Crippen LogP contribution in [0.15, 0.2) is 22.8 Å². The third-order valence-corrected chi connectivity index (χ3v) is 3.04. The largest absolute Gasteiger partial charge is 0.459 e. The van der Waals surface area contributed by atoms with Gasteiger partial charge in [0.2, 0.25) is 0 Å². The van der Waals surface area contributed by atoms with Crippen LogP contribution in [0, 0.1) is 0 Å². The second kappa shape index (κ2) is 4.70. The van der Waals surface area contributed by atoms with Crippen LogP contribution in [-0.4, -0.2) is 48.4 Å². The highest BCUT2D eigenvalue weighted by Gasteiger charge is 2.26. The maximum absolute atomic E-state index is 12.1. The molecule has 2 rings (SSSR count). The molecular formula is C12H18N2O2. The van der Waals surface area contributed by atoms with Gasteiger partial charge in [0.05, 0.1) is 6.26 Å². The Hall–Kier alpha value is -1.29. The van der Waals surface area contributed by atoms with Crippen LogP contribution in [0.4, 0.5) is 0 Å². The molecule has 1 aliphatic rings. The third kappa shape index (κ3) is 2.27. The second-order valence-electron chi connectivity index (χ2n) is 4.44. The van der Waals surface area contributed by atoms with Gasteiger partial charge < -0.3 is 14.2 Å². The maximum Gasteiger partial charge on any atom is 0.289 e. The Balaban J connectivity index is 2.10. The van der Waals surface area contributed by atoms with Crippen molar-refractivity contribution >= 4 is 5.91 Å². The molecule has 88 valence electrons. The van der Waals surface area contributed by atoms with E-state index in [1.807, 2.05) is 4.90 Å². The summed E-state index contributed by atoms with van der Waals surface area (Å²) in [5.74, 6) is 0.448. The molecule has 4 nitrogen and oxygen atoms in total. The van der Waals surface area contributed by atoms with E-state index in [1.165, 1.54) is 0 Å². The lowest BCUT2D eigenvalue weighted by Crippen LogP contribution is -2.41. The number of rotatable bonds is 1. The van der Waals surface area contributed by atoms with Gasteiger partial charge in [-0.05, 0) is 39.1 Å². The Morgan fingerprint density at radius 3 is 3.00 bits per heavy atom. The first-order chi connectivity index (χ1) is 7.68. The summed E-state index contributed by atoms with van der Waals surface area (Å²) >= 11 is 0. The van der Waals surface area contributed by atoms with Crippen molar-refractivity contribution in [1.82, 2.24) is 9.80 Å². The fourth-order valence-corrected chi connectivity index (χ4v) is 2.22. The number of amides is 1. The zero-order valence-corrected chi connectivity index (χ0v) is 9.85. The predicted octanol–water partition coefficient (Wildman–Crippen LogP) is 1.45. The summed E-state index contributed by atoms with van der Waals surface area (Å²) in [5, 5.41) is 0. The van der Waals surface area contributed by atoms with E-state index < -0.39 is 0 Å². The molecule has 1 aromatic rings. The first kappa shape index (κ1) is 11.2. The van der Waals surface area contributed by atoms with Crippen molar-refractivity contribution in [3.05, 3.63) is 24.2 Å². The molecule has 1 atom stereocenters. The Morgan fingerprint density at radius 1 is 1.50 bits per heavy atom. The zero-order chi connectivity index (χ0) is 11.5. The minimum absolute atomic E-state index is 0.00722. The molecule has 0 aromatic carbocycles. The molecule has 16 heavy (non-hydrogen) atoms. The number of nitrogens with zero attached hydrogens (tertiary/aromatic N) is 2. The van der Waals surface area contributed by atoms with Crippen molar-refractivity contribution in [1.29, 1.82) is 0 Å². The van der Waals surface area contributed by atoms with Gasteiger partial charge in [0.25, 0.3) is 5.91 Å². The summed E-state index contributed by atoms with van der Waals surface area (Å²) in [5.41, 5.74) is 0. The van der Waals surface area contributed by atoms with Crippen molar-refractivity contribution in [3.63, 3.8) is 0 Å². The van der Waals surface area contributed by atoms with Crippen LogP contribution in [0.1, 0.15) is 23.9 Å². The Bertz CT molecular complexity index is 348. The SMILES string of the molecule is CC1CN(C)CCCN1C(=O)c1ccco1. The first-order valence-electron chi connectivity index (χ1n) is 5.71. The zero-order valence-electron chi connectivity index (χ0n) is 9.85. The van der Waals surface area contributed by atoms with E-state index in [2.05, 4.69) is 18.9 Å². The van der Waals surface area contributed by atoms with Crippen molar-refractivity contribution in [2.24, 2.45) is 0 Å². The van der Waals surface area contributed by atoms with Gasteiger partial charge in [-0.2, -0.15) is 0 Å². The van der Waals surface area contributed by atoms with E-state index in [4.69, 9.17) is 4.42 Å². The van der Waals surface area contributed by atoms with Crippen LogP contribution in [0.2, 0.25) is 0 Å². The Morgan fingerprint density at radius 2 is 2.31 bits per heavy atom. The molecule has 2 heterocycles. The lowest BCUT2D eigenvalue weighted by atomic mass is 10.2. The predicted molar refractivity (Wildman–Crippen MR) is 61.3 cm³/mol. The van der Waals surface area contributed by atoms with Gasteiger partial charge in [0, 0.05) is 19.1 Å². The average molecular weight is 222 g/mol. The van der Waals surface area contributed by atoms with Crippen LogP contribution in [-0.2, 0) is 0 Å². The Labute approximate surface area is 95.8 Å². The van der Waals surface area contributed by atoms with Gasteiger partial charge in [-0.15, -0.1) is 0 Å². The first-order valence-corrected chi connectivity index (χ1v) is 5.71. The van der Waals surface area contributed by atoms with Crippen molar-refractivity contribution in [2.45, 2.75) is 19.4 Å². The minimum atomic E-state index is 0.00722. The van der Waals surface area contributed by atoms with Crippen LogP contribution < -0.4 is 0 Å². The molecule has 0 spiro atoms. The highest BCUT2D eigenvalue weighted by molar-refractivity contribution is 5.91. The highest BCUT2D eigenvalue weighted by atomic mass is 16.3. The van der Waals surface area contributed by atoms with Crippen LogP contribution in [0.5, 0.6) is 0 Å². The summed E-state index contributed by atoms with van der Waals surface area (Å²) in [6.45, 7) is 4.87. The van der Waals surface area contributed by atoms with Gasteiger partial charge in [-0.3, -0.25) is 4.79 Å². The summed E-state index contributed by atoms with van der Waals surface area (Å²) in [6, 6.07) is 3.72. The van der Waals surface area contributed by atoms with E-state index in [0.717, 1.165) is 26.1 Å². The fraction of sp³-hybridized carbons (Fsp3) is 0.583. The van der Waals surface area contributed by atoms with Crippen molar-refractivity contribution in [3.8, 4) is 0 Å². The molecule has 0 bridgehead atoms. The van der Waals surface area contributed by atoms with Gasteiger partial charge in [-0.1, -0.05) is 0 Å². The lowest BCUT2D eigenvalue weighted by Gasteiger charge is -2.27. The number of likely N-dealkylation sites (N-methyl/N-ethyl adjacent to an activating group) is 1. The summed E-state index contributed by atoms with van der Waals surface area (Å²) in [6.07, 6.45) is 2.56. The van der Waals surface area contributed by atoms with Crippen molar-refractivity contribution < 1.29 is 9.21 Å². The number of hydrogen-bond acceptors (Lipinski definition) is 3. The minimum Gasteiger partial charge on any atom is -0.459 e. The normalized spacial score (nSPS) is 23.1. The molecule has 1 unspecified atom stereocenters. The van der Waals surface area contributed by atoms with E-state index in [9.17, 15) is 4.79 Å². The highest BCUT2D eigenvalue weighted by Crippen LogP contribution is 2.13. The number of carbonyl (C=O) groups is 1. The molecule has 0 aliphatic carbocycles. The smallest absolute Gasteiger partial charge is 0.289 e. The van der Waals surface area contributed by atoms with Crippen LogP contribution in [0.3, 0.4) is 0 Å². The molecule has 0 N–H and O–H groups in total. The standard InChI is InChI=1S/C12H18N2O2/c1-10-9-13(2)6-4-7-14(10)12(15)11-5-3-8-16-11/h3,5,8,10H,4,6-7,9H2,1-2H3. The number of furan rings is 1. The quantitative estimate of drug-likeness (QED) is 0.721. The monoisotopic (exact) mass is 222 g/mol. The Kier molecular flexibility index (Phi) is 3.29. The molecule has 0 saturated carbocycles. The van der Waals surface area contributed by atoms with Crippen LogP contribution >= 0.6 is 0 Å². The summed E-state index contributed by atoms with van der Waals surface area (Å²) in [4.78, 5) is 16.3. The molecule has 1 saturated heterocycles.